The lowest BCUT2D eigenvalue weighted by Crippen LogP contribution is -2.10. The fourth-order valence-corrected chi connectivity index (χ4v) is 1.49. The molecule has 0 aliphatic rings. The fourth-order valence-electron chi connectivity index (χ4n) is 0.880. The minimum atomic E-state index is -3.91. The number of rotatable bonds is 6. The van der Waals surface area contributed by atoms with Gasteiger partial charge in [-0.25, -0.2) is 8.37 Å². The minimum Gasteiger partial charge on any atom is -0.244 e. The Morgan fingerprint density at radius 3 is 2.47 bits per heavy atom. The van der Waals surface area contributed by atoms with Crippen LogP contribution in [-0.2, 0) is 25.4 Å². The molecule has 0 radical (unpaired) electrons. The zero-order valence-electron chi connectivity index (χ0n) is 8.13. The third-order valence-electron chi connectivity index (χ3n) is 1.54. The van der Waals surface area contributed by atoms with Crippen LogP contribution in [0.1, 0.15) is 5.56 Å². The highest BCUT2D eigenvalue weighted by atomic mass is 32.3. The van der Waals surface area contributed by atoms with Gasteiger partial charge in [-0.15, -0.1) is 6.58 Å². The van der Waals surface area contributed by atoms with Crippen LogP contribution in [0, 0.1) is 0 Å². The molecule has 0 unspecified atom stereocenters. The van der Waals surface area contributed by atoms with Crippen molar-refractivity contribution in [3.8, 4) is 0 Å². The Balaban J connectivity index is 2.46. The van der Waals surface area contributed by atoms with Gasteiger partial charge in [0.1, 0.15) is 0 Å². The third-order valence-corrected chi connectivity index (χ3v) is 2.37. The van der Waals surface area contributed by atoms with E-state index in [4.69, 9.17) is 0 Å². The molecule has 0 spiro atoms. The molecule has 0 heterocycles. The van der Waals surface area contributed by atoms with E-state index in [0.717, 1.165) is 5.56 Å². The van der Waals surface area contributed by atoms with Crippen molar-refractivity contribution in [2.24, 2.45) is 0 Å². The van der Waals surface area contributed by atoms with Crippen molar-refractivity contribution in [1.82, 2.24) is 0 Å². The van der Waals surface area contributed by atoms with Gasteiger partial charge in [0, 0.05) is 0 Å². The molecule has 82 valence electrons. The monoisotopic (exact) mass is 228 g/mol. The molecule has 0 aromatic heterocycles. The molecule has 0 bridgehead atoms. The van der Waals surface area contributed by atoms with Crippen molar-refractivity contribution in [3.63, 3.8) is 0 Å². The highest BCUT2D eigenvalue weighted by Crippen LogP contribution is 2.05. The second kappa shape index (κ2) is 5.65. The lowest BCUT2D eigenvalue weighted by Gasteiger charge is -2.03. The summed E-state index contributed by atoms with van der Waals surface area (Å²) in [6, 6.07) is 8.98. The second-order valence-corrected chi connectivity index (χ2v) is 4.02. The Labute approximate surface area is 89.5 Å². The van der Waals surface area contributed by atoms with E-state index in [9.17, 15) is 8.42 Å². The highest BCUT2D eigenvalue weighted by Gasteiger charge is 2.10. The number of hydrogen-bond donors (Lipinski definition) is 0. The van der Waals surface area contributed by atoms with Gasteiger partial charge in [-0.05, 0) is 5.56 Å². The van der Waals surface area contributed by atoms with E-state index < -0.39 is 10.4 Å². The van der Waals surface area contributed by atoms with Gasteiger partial charge >= 0.3 is 10.4 Å². The van der Waals surface area contributed by atoms with Gasteiger partial charge in [0.15, 0.2) is 0 Å². The van der Waals surface area contributed by atoms with Crippen LogP contribution in [0.2, 0.25) is 0 Å². The summed E-state index contributed by atoms with van der Waals surface area (Å²) >= 11 is 0. The van der Waals surface area contributed by atoms with Crippen LogP contribution < -0.4 is 0 Å². The van der Waals surface area contributed by atoms with E-state index in [2.05, 4.69) is 14.9 Å². The molecule has 1 aromatic carbocycles. The van der Waals surface area contributed by atoms with Crippen LogP contribution in [0.15, 0.2) is 43.0 Å². The second-order valence-electron chi connectivity index (χ2n) is 2.73. The van der Waals surface area contributed by atoms with E-state index in [-0.39, 0.29) is 13.2 Å². The molecule has 5 heteroatoms. The smallest absolute Gasteiger partial charge is 0.244 e. The van der Waals surface area contributed by atoms with Gasteiger partial charge in [0.2, 0.25) is 0 Å². The van der Waals surface area contributed by atoms with Crippen LogP contribution in [0.25, 0.3) is 0 Å². The van der Waals surface area contributed by atoms with Gasteiger partial charge < -0.3 is 0 Å². The third kappa shape index (κ3) is 4.73. The molecule has 0 fully saturated rings. The summed E-state index contributed by atoms with van der Waals surface area (Å²) in [6.07, 6.45) is 1.34. The topological polar surface area (TPSA) is 52.6 Å². The van der Waals surface area contributed by atoms with Crippen molar-refractivity contribution in [2.45, 2.75) is 6.61 Å². The average Bonchev–Trinajstić information content (AvgIpc) is 2.25. The van der Waals surface area contributed by atoms with Crippen molar-refractivity contribution >= 4 is 10.4 Å². The largest absolute Gasteiger partial charge is 0.400 e. The molecule has 0 aliphatic carbocycles. The first-order chi connectivity index (χ1) is 7.14. The number of benzene rings is 1. The molecule has 0 amide bonds. The summed E-state index contributed by atoms with van der Waals surface area (Å²) in [5, 5.41) is 0. The standard InChI is InChI=1S/C10H12O4S/c1-2-8-13-15(11,12)14-9-10-6-4-3-5-7-10/h2-7H,1,8-9H2. The molecule has 0 aliphatic heterocycles. The summed E-state index contributed by atoms with van der Waals surface area (Å²) in [5.74, 6) is 0. The maximum atomic E-state index is 11.1. The average molecular weight is 228 g/mol. The minimum absolute atomic E-state index is 0.0275. The van der Waals surface area contributed by atoms with E-state index in [1.807, 2.05) is 6.07 Å². The molecule has 0 saturated heterocycles. The Bertz CT molecular complexity index is 397. The summed E-state index contributed by atoms with van der Waals surface area (Å²) < 4.78 is 31.2. The molecule has 0 N–H and O–H groups in total. The molecule has 15 heavy (non-hydrogen) atoms. The predicted octanol–water partition coefficient (Wildman–Crippen LogP) is 1.65. The van der Waals surface area contributed by atoms with Gasteiger partial charge in [-0.1, -0.05) is 36.4 Å². The van der Waals surface area contributed by atoms with Gasteiger partial charge in [-0.2, -0.15) is 8.42 Å². The van der Waals surface area contributed by atoms with Crippen LogP contribution in [-0.4, -0.2) is 15.0 Å². The van der Waals surface area contributed by atoms with Crippen LogP contribution in [0.5, 0.6) is 0 Å². The molecular weight excluding hydrogens is 216 g/mol. The van der Waals surface area contributed by atoms with E-state index in [1.165, 1.54) is 6.08 Å². The summed E-state index contributed by atoms with van der Waals surface area (Å²) in [4.78, 5) is 0. The van der Waals surface area contributed by atoms with Gasteiger partial charge in [0.05, 0.1) is 13.2 Å². The number of hydrogen-bond acceptors (Lipinski definition) is 4. The van der Waals surface area contributed by atoms with E-state index in [1.54, 1.807) is 24.3 Å². The van der Waals surface area contributed by atoms with Gasteiger partial charge in [-0.3, -0.25) is 0 Å². The molecule has 0 saturated carbocycles. The lowest BCUT2D eigenvalue weighted by atomic mass is 10.2. The van der Waals surface area contributed by atoms with E-state index in [0.29, 0.717) is 0 Å². The molecule has 1 aromatic rings. The maximum absolute atomic E-state index is 11.1. The molecule has 0 atom stereocenters. The zero-order chi connectivity index (χ0) is 11.1. The Kier molecular flexibility index (Phi) is 4.48. The first-order valence-corrected chi connectivity index (χ1v) is 5.66. The Morgan fingerprint density at radius 2 is 1.87 bits per heavy atom. The van der Waals surface area contributed by atoms with Crippen LogP contribution >= 0.6 is 0 Å². The SMILES string of the molecule is C=CCOS(=O)(=O)OCc1ccccc1. The van der Waals surface area contributed by atoms with Crippen molar-refractivity contribution in [1.29, 1.82) is 0 Å². The quantitative estimate of drug-likeness (QED) is 0.695. The lowest BCUT2D eigenvalue weighted by molar-refractivity contribution is 0.222. The zero-order valence-corrected chi connectivity index (χ0v) is 8.94. The molecular formula is C10H12O4S. The summed E-state index contributed by atoms with van der Waals surface area (Å²) in [7, 11) is -3.91. The summed E-state index contributed by atoms with van der Waals surface area (Å²) in [6.45, 7) is 3.22. The predicted molar refractivity (Wildman–Crippen MR) is 56.3 cm³/mol. The van der Waals surface area contributed by atoms with Crippen LogP contribution in [0.4, 0.5) is 0 Å². The first-order valence-electron chi connectivity index (χ1n) is 4.32. The normalized spacial score (nSPS) is 11.2. The molecule has 4 nitrogen and oxygen atoms in total. The Hall–Kier alpha value is -1.17. The van der Waals surface area contributed by atoms with Crippen LogP contribution in [0.3, 0.4) is 0 Å². The highest BCUT2D eigenvalue weighted by molar-refractivity contribution is 7.81. The Morgan fingerprint density at radius 1 is 1.20 bits per heavy atom. The summed E-state index contributed by atoms with van der Waals surface area (Å²) in [5.41, 5.74) is 0.767. The first kappa shape index (κ1) is 11.9. The fraction of sp³-hybridized carbons (Fsp3) is 0.200. The van der Waals surface area contributed by atoms with Crippen molar-refractivity contribution in [2.75, 3.05) is 6.61 Å². The van der Waals surface area contributed by atoms with E-state index >= 15 is 0 Å². The maximum Gasteiger partial charge on any atom is 0.400 e. The van der Waals surface area contributed by atoms with Crippen molar-refractivity contribution in [3.05, 3.63) is 48.6 Å². The van der Waals surface area contributed by atoms with Crippen molar-refractivity contribution < 1.29 is 16.8 Å². The van der Waals surface area contributed by atoms with Gasteiger partial charge in [0.25, 0.3) is 0 Å². The molecule has 1 rings (SSSR count).